The minimum Gasteiger partial charge on any atom is -0.349 e. The predicted octanol–water partition coefficient (Wildman–Crippen LogP) is 3.09. The molecule has 22 heavy (non-hydrogen) atoms. The van der Waals surface area contributed by atoms with Crippen molar-refractivity contribution in [1.29, 1.82) is 5.26 Å². The van der Waals surface area contributed by atoms with E-state index < -0.39 is 0 Å². The smallest absolute Gasteiger partial charge is 0.163 e. The van der Waals surface area contributed by atoms with Gasteiger partial charge in [-0.3, -0.25) is 0 Å². The molecule has 1 atom stereocenters. The number of hydrogen-bond acceptors (Lipinski definition) is 4. The fourth-order valence-electron chi connectivity index (χ4n) is 3.17. The number of rotatable bonds is 3. The van der Waals surface area contributed by atoms with Crippen LogP contribution in [-0.4, -0.2) is 22.3 Å². The Labute approximate surface area is 129 Å². The van der Waals surface area contributed by atoms with Crippen LogP contribution < -0.4 is 4.90 Å². The molecule has 0 bridgehead atoms. The fourth-order valence-corrected chi connectivity index (χ4v) is 3.17. The van der Waals surface area contributed by atoms with Crippen LogP contribution in [0.3, 0.4) is 0 Å². The highest BCUT2D eigenvalue weighted by Gasteiger charge is 2.37. The lowest BCUT2D eigenvalue weighted by Gasteiger charge is -2.36. The molecule has 1 aromatic carbocycles. The molecule has 1 fully saturated rings. The van der Waals surface area contributed by atoms with Gasteiger partial charge in [-0.2, -0.15) is 5.26 Å². The van der Waals surface area contributed by atoms with E-state index in [0.29, 0.717) is 5.69 Å². The highest BCUT2D eigenvalue weighted by Crippen LogP contribution is 2.35. The van der Waals surface area contributed by atoms with Gasteiger partial charge in [0, 0.05) is 12.1 Å². The van der Waals surface area contributed by atoms with Gasteiger partial charge >= 0.3 is 0 Å². The number of benzene rings is 1. The van der Waals surface area contributed by atoms with Gasteiger partial charge in [-0.05, 0) is 56.0 Å². The van der Waals surface area contributed by atoms with Crippen LogP contribution in [0.2, 0.25) is 0 Å². The zero-order valence-electron chi connectivity index (χ0n) is 12.5. The summed E-state index contributed by atoms with van der Waals surface area (Å²) >= 11 is 0. The summed E-state index contributed by atoms with van der Waals surface area (Å²) in [5, 5.41) is 16.9. The SMILES string of the molecule is CC1(Cc2ccc(F)cc2)CCCN1c1ccc(C#N)nn1. The molecule has 3 rings (SSSR count). The Morgan fingerprint density at radius 3 is 2.64 bits per heavy atom. The summed E-state index contributed by atoms with van der Waals surface area (Å²) < 4.78 is 13.1. The van der Waals surface area contributed by atoms with Gasteiger partial charge in [0.25, 0.3) is 0 Å². The minimum absolute atomic E-state index is 0.0688. The van der Waals surface area contributed by atoms with Crippen LogP contribution in [0.5, 0.6) is 0 Å². The molecule has 5 heteroatoms. The van der Waals surface area contributed by atoms with Crippen molar-refractivity contribution in [2.24, 2.45) is 0 Å². The van der Waals surface area contributed by atoms with Crippen LogP contribution in [0, 0.1) is 17.1 Å². The van der Waals surface area contributed by atoms with Crippen molar-refractivity contribution in [2.45, 2.75) is 31.7 Å². The third kappa shape index (κ3) is 2.77. The molecule has 4 nitrogen and oxygen atoms in total. The second-order valence-electron chi connectivity index (χ2n) is 5.94. The van der Waals surface area contributed by atoms with E-state index in [0.717, 1.165) is 37.2 Å². The summed E-state index contributed by atoms with van der Waals surface area (Å²) in [6.07, 6.45) is 2.96. The average molecular weight is 296 g/mol. The maximum Gasteiger partial charge on any atom is 0.163 e. The largest absolute Gasteiger partial charge is 0.349 e. The van der Waals surface area contributed by atoms with E-state index in [-0.39, 0.29) is 11.4 Å². The maximum absolute atomic E-state index is 13.1. The van der Waals surface area contributed by atoms with Crippen molar-refractivity contribution < 1.29 is 4.39 Å². The summed E-state index contributed by atoms with van der Waals surface area (Å²) in [7, 11) is 0. The molecule has 1 aliphatic rings. The molecule has 1 aromatic heterocycles. The van der Waals surface area contributed by atoms with Gasteiger partial charge in [-0.15, -0.1) is 10.2 Å². The first kappa shape index (κ1) is 14.5. The van der Waals surface area contributed by atoms with Crippen LogP contribution in [0.25, 0.3) is 0 Å². The highest BCUT2D eigenvalue weighted by molar-refractivity contribution is 5.44. The molecule has 0 saturated carbocycles. The van der Waals surface area contributed by atoms with Crippen molar-refractivity contribution in [2.75, 3.05) is 11.4 Å². The second-order valence-corrected chi connectivity index (χ2v) is 5.94. The highest BCUT2D eigenvalue weighted by atomic mass is 19.1. The minimum atomic E-state index is -0.213. The summed E-state index contributed by atoms with van der Waals surface area (Å²) in [4.78, 5) is 2.24. The molecule has 1 aliphatic heterocycles. The maximum atomic E-state index is 13.1. The normalized spacial score (nSPS) is 20.9. The quantitative estimate of drug-likeness (QED) is 0.873. The van der Waals surface area contributed by atoms with E-state index in [2.05, 4.69) is 22.0 Å². The molecule has 0 amide bonds. The van der Waals surface area contributed by atoms with Gasteiger partial charge < -0.3 is 4.90 Å². The van der Waals surface area contributed by atoms with Gasteiger partial charge in [0.2, 0.25) is 0 Å². The summed E-state index contributed by atoms with van der Waals surface area (Å²) in [6, 6.07) is 12.2. The molecule has 2 aromatic rings. The van der Waals surface area contributed by atoms with Crippen molar-refractivity contribution >= 4 is 5.82 Å². The fraction of sp³-hybridized carbons (Fsp3) is 0.353. The lowest BCUT2D eigenvalue weighted by molar-refractivity contribution is 0.460. The summed E-state index contributed by atoms with van der Waals surface area (Å²) in [5.41, 5.74) is 1.36. The molecule has 2 heterocycles. The van der Waals surface area contributed by atoms with Crippen LogP contribution in [0.1, 0.15) is 31.0 Å². The lowest BCUT2D eigenvalue weighted by Crippen LogP contribution is -2.43. The van der Waals surface area contributed by atoms with Crippen molar-refractivity contribution in [1.82, 2.24) is 10.2 Å². The van der Waals surface area contributed by atoms with Gasteiger partial charge in [0.1, 0.15) is 11.9 Å². The Bertz CT molecular complexity index is 690. The molecule has 0 radical (unpaired) electrons. The Kier molecular flexibility index (Phi) is 3.76. The summed E-state index contributed by atoms with van der Waals surface area (Å²) in [5.74, 6) is 0.580. The first-order valence-electron chi connectivity index (χ1n) is 7.37. The third-order valence-electron chi connectivity index (χ3n) is 4.29. The molecule has 1 saturated heterocycles. The van der Waals surface area contributed by atoms with E-state index in [9.17, 15) is 4.39 Å². The third-order valence-corrected chi connectivity index (χ3v) is 4.29. The number of hydrogen-bond donors (Lipinski definition) is 0. The predicted molar refractivity (Wildman–Crippen MR) is 81.8 cm³/mol. The topological polar surface area (TPSA) is 52.8 Å². The van der Waals surface area contributed by atoms with Crippen molar-refractivity contribution in [3.63, 3.8) is 0 Å². The van der Waals surface area contributed by atoms with Gasteiger partial charge in [0.15, 0.2) is 11.5 Å². The Morgan fingerprint density at radius 1 is 1.23 bits per heavy atom. The number of anilines is 1. The zero-order valence-corrected chi connectivity index (χ0v) is 12.5. The first-order chi connectivity index (χ1) is 10.6. The van der Waals surface area contributed by atoms with Crippen molar-refractivity contribution in [3.8, 4) is 6.07 Å². The summed E-state index contributed by atoms with van der Waals surface area (Å²) in [6.45, 7) is 3.11. The van der Waals surface area contributed by atoms with Crippen molar-refractivity contribution in [3.05, 3.63) is 53.5 Å². The Hall–Kier alpha value is -2.48. The average Bonchev–Trinajstić information content (AvgIpc) is 2.91. The van der Waals surface area contributed by atoms with E-state index in [1.54, 1.807) is 6.07 Å². The molecule has 1 unspecified atom stereocenters. The molecule has 0 N–H and O–H groups in total. The number of halogens is 1. The standard InChI is InChI=1S/C17H17FN4/c1-17(11-13-3-5-14(18)6-4-13)9-2-10-22(17)16-8-7-15(12-19)20-21-16/h3-8H,2,9-11H2,1H3. The molecule has 112 valence electrons. The van der Waals surface area contributed by atoms with E-state index in [1.165, 1.54) is 12.1 Å². The van der Waals surface area contributed by atoms with Crippen LogP contribution in [0.4, 0.5) is 10.2 Å². The van der Waals surface area contributed by atoms with E-state index in [4.69, 9.17) is 5.26 Å². The molecule has 0 spiro atoms. The van der Waals surface area contributed by atoms with E-state index in [1.807, 2.05) is 24.3 Å². The molecular weight excluding hydrogens is 279 g/mol. The first-order valence-corrected chi connectivity index (χ1v) is 7.37. The molecular formula is C17H17FN4. The lowest BCUT2D eigenvalue weighted by atomic mass is 9.90. The number of nitrogens with zero attached hydrogens (tertiary/aromatic N) is 4. The van der Waals surface area contributed by atoms with Gasteiger partial charge in [-0.25, -0.2) is 4.39 Å². The molecule has 0 aliphatic carbocycles. The zero-order chi connectivity index (χ0) is 15.6. The number of nitriles is 1. The van der Waals surface area contributed by atoms with E-state index >= 15 is 0 Å². The Balaban J connectivity index is 1.84. The van der Waals surface area contributed by atoms with Crippen LogP contribution >= 0.6 is 0 Å². The van der Waals surface area contributed by atoms with Gasteiger partial charge in [0.05, 0.1) is 0 Å². The Morgan fingerprint density at radius 2 is 2.00 bits per heavy atom. The second kappa shape index (κ2) is 5.72. The van der Waals surface area contributed by atoms with Crippen LogP contribution in [-0.2, 0) is 6.42 Å². The van der Waals surface area contributed by atoms with Gasteiger partial charge in [-0.1, -0.05) is 12.1 Å². The van der Waals surface area contributed by atoms with Crippen LogP contribution in [0.15, 0.2) is 36.4 Å². The number of aromatic nitrogens is 2. The monoisotopic (exact) mass is 296 g/mol.